The molecule has 5 heteroatoms. The van der Waals surface area contributed by atoms with E-state index in [0.717, 1.165) is 19.5 Å². The third-order valence-corrected chi connectivity index (χ3v) is 4.64. The van der Waals surface area contributed by atoms with Crippen molar-refractivity contribution in [2.45, 2.75) is 25.9 Å². The molecular weight excluding hydrogens is 341 g/mol. The molecule has 0 radical (unpaired) electrons. The van der Waals surface area contributed by atoms with Gasteiger partial charge in [-0.2, -0.15) is 0 Å². The highest BCUT2D eigenvalue weighted by atomic mass is 35.5. The molecule has 0 bridgehead atoms. The van der Waals surface area contributed by atoms with E-state index in [0.29, 0.717) is 0 Å². The van der Waals surface area contributed by atoms with Crippen molar-refractivity contribution >= 4 is 35.7 Å². The Morgan fingerprint density at radius 1 is 1.08 bits per heavy atom. The van der Waals surface area contributed by atoms with Crippen LogP contribution in [0.4, 0.5) is 0 Å². The molecule has 3 heterocycles. The quantitative estimate of drug-likeness (QED) is 0.676. The van der Waals surface area contributed by atoms with E-state index in [1.807, 2.05) is 18.5 Å². The molecule has 0 amide bonds. The fourth-order valence-corrected chi connectivity index (χ4v) is 3.61. The average Bonchev–Trinajstić information content (AvgIpc) is 2.70. The van der Waals surface area contributed by atoms with Gasteiger partial charge < -0.3 is 9.47 Å². The first-order valence-electron chi connectivity index (χ1n) is 7.99. The van der Waals surface area contributed by atoms with Gasteiger partial charge in [0, 0.05) is 42.1 Å². The maximum atomic E-state index is 4.27. The van der Waals surface area contributed by atoms with Gasteiger partial charge in [-0.3, -0.25) is 4.98 Å². The first-order valence-corrected chi connectivity index (χ1v) is 7.99. The number of pyridine rings is 1. The van der Waals surface area contributed by atoms with Crippen LogP contribution in [0.15, 0.2) is 48.8 Å². The summed E-state index contributed by atoms with van der Waals surface area (Å²) in [5, 5.41) is 1.41. The first kappa shape index (κ1) is 18.8. The van der Waals surface area contributed by atoms with E-state index in [1.54, 1.807) is 0 Å². The largest absolute Gasteiger partial charge is 0.340 e. The minimum Gasteiger partial charge on any atom is -0.340 e. The van der Waals surface area contributed by atoms with Crippen molar-refractivity contribution in [3.8, 4) is 0 Å². The highest BCUT2D eigenvalue weighted by molar-refractivity contribution is 5.86. The number of hydrogen-bond donors (Lipinski definition) is 0. The van der Waals surface area contributed by atoms with Crippen molar-refractivity contribution in [2.75, 3.05) is 13.6 Å². The molecule has 0 spiro atoms. The zero-order valence-corrected chi connectivity index (χ0v) is 15.4. The van der Waals surface area contributed by atoms with Crippen LogP contribution in [-0.2, 0) is 19.5 Å². The van der Waals surface area contributed by atoms with Gasteiger partial charge in [-0.25, -0.2) is 0 Å². The first-order chi connectivity index (χ1) is 10.8. The fraction of sp³-hybridized carbons (Fsp3) is 0.316. The second kappa shape index (κ2) is 8.02. The molecule has 1 aromatic carbocycles. The molecule has 1 aliphatic rings. The summed E-state index contributed by atoms with van der Waals surface area (Å²) in [5.74, 6) is 0. The molecule has 0 aliphatic carbocycles. The van der Waals surface area contributed by atoms with Crippen molar-refractivity contribution in [3.05, 3.63) is 65.6 Å². The van der Waals surface area contributed by atoms with Gasteiger partial charge in [-0.1, -0.05) is 24.3 Å². The molecule has 24 heavy (non-hydrogen) atoms. The Bertz CT molecular complexity index is 799. The van der Waals surface area contributed by atoms with Gasteiger partial charge in [0.05, 0.1) is 0 Å². The molecule has 4 rings (SSSR count). The number of hydrogen-bond acceptors (Lipinski definition) is 2. The summed E-state index contributed by atoms with van der Waals surface area (Å²) in [6.45, 7) is 3.14. The van der Waals surface area contributed by atoms with Crippen LogP contribution in [0.1, 0.15) is 23.2 Å². The van der Waals surface area contributed by atoms with E-state index < -0.39 is 0 Å². The summed E-state index contributed by atoms with van der Waals surface area (Å²) in [6.07, 6.45) is 6.21. The highest BCUT2D eigenvalue weighted by Gasteiger charge is 2.20. The Kier molecular flexibility index (Phi) is 6.27. The summed E-state index contributed by atoms with van der Waals surface area (Å²) >= 11 is 0. The second-order valence-electron chi connectivity index (χ2n) is 6.23. The second-order valence-corrected chi connectivity index (χ2v) is 6.23. The molecule has 0 unspecified atom stereocenters. The Labute approximate surface area is 155 Å². The predicted molar refractivity (Wildman–Crippen MR) is 104 cm³/mol. The van der Waals surface area contributed by atoms with E-state index >= 15 is 0 Å². The molecule has 0 saturated heterocycles. The van der Waals surface area contributed by atoms with Crippen LogP contribution >= 0.6 is 24.8 Å². The lowest BCUT2D eigenvalue weighted by Crippen LogP contribution is -2.16. The van der Waals surface area contributed by atoms with E-state index in [9.17, 15) is 0 Å². The van der Waals surface area contributed by atoms with Crippen LogP contribution in [-0.4, -0.2) is 28.0 Å². The van der Waals surface area contributed by atoms with Crippen molar-refractivity contribution < 1.29 is 0 Å². The molecule has 128 valence electrons. The summed E-state index contributed by atoms with van der Waals surface area (Å²) in [4.78, 5) is 6.70. The monoisotopic (exact) mass is 363 g/mol. The molecule has 2 aromatic heterocycles. The van der Waals surface area contributed by atoms with Crippen LogP contribution in [0, 0.1) is 0 Å². The third-order valence-electron chi connectivity index (χ3n) is 4.64. The smallest absolute Gasteiger partial charge is 0.0494 e. The van der Waals surface area contributed by atoms with Gasteiger partial charge in [-0.05, 0) is 49.7 Å². The standard InChI is InChI=1S/C19H21N3.2ClH/c1-21-11-5-9-19-17(14-21)16-7-2-3-8-18(16)22(19)13-15-6-4-10-20-12-15;;/h2-4,6-8,10,12H,5,9,11,13-14H2,1H3;2*1H. The van der Waals surface area contributed by atoms with Gasteiger partial charge in [0.1, 0.15) is 0 Å². The van der Waals surface area contributed by atoms with Gasteiger partial charge in [-0.15, -0.1) is 24.8 Å². The molecule has 0 atom stereocenters. The van der Waals surface area contributed by atoms with Gasteiger partial charge >= 0.3 is 0 Å². The number of fused-ring (bicyclic) bond motifs is 3. The van der Waals surface area contributed by atoms with Gasteiger partial charge in [0.15, 0.2) is 0 Å². The van der Waals surface area contributed by atoms with Gasteiger partial charge in [0.25, 0.3) is 0 Å². The maximum absolute atomic E-state index is 4.27. The Morgan fingerprint density at radius 3 is 2.71 bits per heavy atom. The van der Waals surface area contributed by atoms with Crippen molar-refractivity contribution in [1.82, 2.24) is 14.5 Å². The minimum atomic E-state index is 0. The van der Waals surface area contributed by atoms with Crippen LogP contribution in [0.2, 0.25) is 0 Å². The van der Waals surface area contributed by atoms with E-state index in [4.69, 9.17) is 0 Å². The molecule has 3 nitrogen and oxygen atoms in total. The summed E-state index contributed by atoms with van der Waals surface area (Å²) in [6, 6.07) is 13.0. The molecular formula is C19H23Cl2N3. The SMILES string of the molecule is CN1CCCc2c(c3ccccc3n2Cc2cccnc2)C1.Cl.Cl. The van der Waals surface area contributed by atoms with Crippen molar-refractivity contribution in [3.63, 3.8) is 0 Å². The van der Waals surface area contributed by atoms with E-state index in [1.165, 1.54) is 40.7 Å². The Balaban J connectivity index is 0.00000104. The summed E-state index contributed by atoms with van der Waals surface area (Å²) in [7, 11) is 2.22. The highest BCUT2D eigenvalue weighted by Crippen LogP contribution is 2.30. The van der Waals surface area contributed by atoms with Crippen LogP contribution in [0.3, 0.4) is 0 Å². The fourth-order valence-electron chi connectivity index (χ4n) is 3.61. The third kappa shape index (κ3) is 3.44. The number of benzene rings is 1. The molecule has 0 fully saturated rings. The number of nitrogens with zero attached hydrogens (tertiary/aromatic N) is 3. The topological polar surface area (TPSA) is 21.1 Å². The lowest BCUT2D eigenvalue weighted by Gasteiger charge is -2.12. The van der Waals surface area contributed by atoms with E-state index in [2.05, 4.69) is 51.8 Å². The molecule has 3 aromatic rings. The van der Waals surface area contributed by atoms with Crippen molar-refractivity contribution in [2.24, 2.45) is 0 Å². The zero-order chi connectivity index (χ0) is 14.9. The Morgan fingerprint density at radius 2 is 1.92 bits per heavy atom. The normalized spacial score (nSPS) is 14.4. The molecule has 0 saturated carbocycles. The molecule has 0 N–H and O–H groups in total. The average molecular weight is 364 g/mol. The van der Waals surface area contributed by atoms with Gasteiger partial charge in [0.2, 0.25) is 0 Å². The van der Waals surface area contributed by atoms with Crippen LogP contribution < -0.4 is 0 Å². The number of halogens is 2. The minimum absolute atomic E-state index is 0. The zero-order valence-electron chi connectivity index (χ0n) is 13.8. The van der Waals surface area contributed by atoms with Crippen LogP contribution in [0.25, 0.3) is 10.9 Å². The number of para-hydroxylation sites is 1. The Hall–Kier alpha value is -1.55. The predicted octanol–water partition coefficient (Wildman–Crippen LogP) is 4.31. The van der Waals surface area contributed by atoms with Crippen LogP contribution in [0.5, 0.6) is 0 Å². The lowest BCUT2D eigenvalue weighted by molar-refractivity contribution is 0.333. The maximum Gasteiger partial charge on any atom is 0.0494 e. The summed E-state index contributed by atoms with van der Waals surface area (Å²) < 4.78 is 2.50. The number of rotatable bonds is 2. The summed E-state index contributed by atoms with van der Waals surface area (Å²) in [5.41, 5.74) is 5.64. The molecule has 1 aliphatic heterocycles. The van der Waals surface area contributed by atoms with Crippen molar-refractivity contribution in [1.29, 1.82) is 0 Å². The lowest BCUT2D eigenvalue weighted by atomic mass is 10.1. The number of aromatic nitrogens is 2. The van der Waals surface area contributed by atoms with E-state index in [-0.39, 0.29) is 24.8 Å².